The van der Waals surface area contributed by atoms with Crippen LogP contribution in [0, 0.1) is 23.5 Å². The highest BCUT2D eigenvalue weighted by atomic mass is 19.1. The van der Waals surface area contributed by atoms with Crippen molar-refractivity contribution < 1.29 is 8.78 Å². The SMILES string of the molecule is Fc1cc(F)c2nccc(N3CC4CCCC4C3)c2c1. The van der Waals surface area contributed by atoms with E-state index in [2.05, 4.69) is 9.88 Å². The summed E-state index contributed by atoms with van der Waals surface area (Å²) >= 11 is 0. The minimum atomic E-state index is -0.582. The van der Waals surface area contributed by atoms with E-state index in [0.29, 0.717) is 5.39 Å². The molecule has 2 fully saturated rings. The van der Waals surface area contributed by atoms with Gasteiger partial charge in [0.1, 0.15) is 11.3 Å². The van der Waals surface area contributed by atoms with E-state index in [9.17, 15) is 8.78 Å². The van der Waals surface area contributed by atoms with Gasteiger partial charge in [0, 0.05) is 36.4 Å². The van der Waals surface area contributed by atoms with Crippen LogP contribution in [0.25, 0.3) is 10.9 Å². The van der Waals surface area contributed by atoms with E-state index in [0.717, 1.165) is 36.7 Å². The fourth-order valence-electron chi connectivity index (χ4n) is 3.87. The summed E-state index contributed by atoms with van der Waals surface area (Å²) in [6.45, 7) is 2.00. The summed E-state index contributed by atoms with van der Waals surface area (Å²) in [6, 6.07) is 4.18. The quantitative estimate of drug-likeness (QED) is 0.787. The Bertz CT molecular complexity index is 659. The molecule has 0 amide bonds. The van der Waals surface area contributed by atoms with Crippen molar-refractivity contribution in [2.75, 3.05) is 18.0 Å². The summed E-state index contributed by atoms with van der Waals surface area (Å²) in [4.78, 5) is 6.33. The molecule has 4 heteroatoms. The van der Waals surface area contributed by atoms with Gasteiger partial charge < -0.3 is 4.90 Å². The molecule has 0 spiro atoms. The molecule has 1 aromatic heterocycles. The third-order valence-corrected chi connectivity index (χ3v) is 4.81. The highest BCUT2D eigenvalue weighted by molar-refractivity contribution is 5.92. The number of nitrogens with zero attached hydrogens (tertiary/aromatic N) is 2. The summed E-state index contributed by atoms with van der Waals surface area (Å²) in [7, 11) is 0. The molecule has 2 aliphatic rings. The van der Waals surface area contributed by atoms with Gasteiger partial charge in [-0.05, 0) is 36.8 Å². The van der Waals surface area contributed by atoms with Crippen LogP contribution >= 0.6 is 0 Å². The Hall–Kier alpha value is -1.71. The molecule has 1 saturated carbocycles. The van der Waals surface area contributed by atoms with Gasteiger partial charge in [0.2, 0.25) is 0 Å². The van der Waals surface area contributed by atoms with Crippen molar-refractivity contribution in [2.24, 2.45) is 11.8 Å². The molecule has 2 heterocycles. The second-order valence-electron chi connectivity index (χ2n) is 5.97. The second-order valence-corrected chi connectivity index (χ2v) is 5.97. The zero-order valence-electron chi connectivity index (χ0n) is 11.1. The van der Waals surface area contributed by atoms with E-state index in [1.54, 1.807) is 6.20 Å². The molecule has 1 saturated heterocycles. The summed E-state index contributed by atoms with van der Waals surface area (Å²) in [5.74, 6) is 0.373. The van der Waals surface area contributed by atoms with Gasteiger partial charge in [0.15, 0.2) is 5.82 Å². The molecule has 2 nitrogen and oxygen atoms in total. The van der Waals surface area contributed by atoms with Gasteiger partial charge in [-0.25, -0.2) is 8.78 Å². The Kier molecular flexibility index (Phi) is 2.65. The molecule has 2 unspecified atom stereocenters. The van der Waals surface area contributed by atoms with Gasteiger partial charge >= 0.3 is 0 Å². The van der Waals surface area contributed by atoms with E-state index in [4.69, 9.17) is 0 Å². The van der Waals surface area contributed by atoms with Crippen LogP contribution in [0.2, 0.25) is 0 Å². The highest BCUT2D eigenvalue weighted by Gasteiger charge is 2.36. The Labute approximate surface area is 116 Å². The lowest BCUT2D eigenvalue weighted by Crippen LogP contribution is -2.21. The lowest BCUT2D eigenvalue weighted by Gasteiger charge is -2.21. The van der Waals surface area contributed by atoms with Gasteiger partial charge in [-0.1, -0.05) is 6.42 Å². The summed E-state index contributed by atoms with van der Waals surface area (Å²) in [6.07, 6.45) is 5.51. The van der Waals surface area contributed by atoms with Crippen LogP contribution in [0.3, 0.4) is 0 Å². The largest absolute Gasteiger partial charge is 0.370 e. The van der Waals surface area contributed by atoms with Gasteiger partial charge in [0.05, 0.1) is 0 Å². The van der Waals surface area contributed by atoms with Crippen LogP contribution in [-0.4, -0.2) is 18.1 Å². The fraction of sp³-hybridized carbons (Fsp3) is 0.438. The normalized spacial score (nSPS) is 25.4. The van der Waals surface area contributed by atoms with Crippen LogP contribution in [0.4, 0.5) is 14.5 Å². The fourth-order valence-corrected chi connectivity index (χ4v) is 3.87. The van der Waals surface area contributed by atoms with Gasteiger partial charge in [-0.15, -0.1) is 0 Å². The summed E-state index contributed by atoms with van der Waals surface area (Å²) in [5, 5.41) is 0.588. The number of fused-ring (bicyclic) bond motifs is 2. The van der Waals surface area contributed by atoms with Crippen molar-refractivity contribution in [2.45, 2.75) is 19.3 Å². The van der Waals surface area contributed by atoms with Crippen LogP contribution in [0.5, 0.6) is 0 Å². The Morgan fingerprint density at radius 3 is 2.60 bits per heavy atom. The Morgan fingerprint density at radius 2 is 1.85 bits per heavy atom. The van der Waals surface area contributed by atoms with Crippen molar-refractivity contribution in [3.63, 3.8) is 0 Å². The molecular weight excluding hydrogens is 258 g/mol. The van der Waals surface area contributed by atoms with Crippen molar-refractivity contribution in [1.82, 2.24) is 4.98 Å². The predicted octanol–water partition coefficient (Wildman–Crippen LogP) is 3.75. The standard InChI is InChI=1S/C16H16F2N2/c17-12-6-13-15(4-5-19-16(13)14(18)7-12)20-8-10-2-1-3-11(10)9-20/h4-7,10-11H,1-3,8-9H2. The number of hydrogen-bond acceptors (Lipinski definition) is 2. The van der Waals surface area contributed by atoms with Gasteiger partial charge in [-0.3, -0.25) is 4.98 Å². The first-order chi connectivity index (χ1) is 9.72. The third-order valence-electron chi connectivity index (χ3n) is 4.81. The first-order valence-corrected chi connectivity index (χ1v) is 7.21. The molecule has 2 atom stereocenters. The predicted molar refractivity (Wildman–Crippen MR) is 74.7 cm³/mol. The Balaban J connectivity index is 1.80. The zero-order valence-corrected chi connectivity index (χ0v) is 11.1. The van der Waals surface area contributed by atoms with Crippen molar-refractivity contribution in [1.29, 1.82) is 0 Å². The van der Waals surface area contributed by atoms with E-state index in [-0.39, 0.29) is 5.52 Å². The molecular formula is C16H16F2N2. The third kappa shape index (κ3) is 1.78. The van der Waals surface area contributed by atoms with Crippen molar-refractivity contribution >= 4 is 16.6 Å². The molecule has 104 valence electrons. The number of aromatic nitrogens is 1. The second kappa shape index (κ2) is 4.40. The minimum Gasteiger partial charge on any atom is -0.370 e. The van der Waals surface area contributed by atoms with Crippen molar-refractivity contribution in [3.05, 3.63) is 36.0 Å². The molecule has 0 bridgehead atoms. The topological polar surface area (TPSA) is 16.1 Å². The maximum absolute atomic E-state index is 13.8. The summed E-state index contributed by atoms with van der Waals surface area (Å²) < 4.78 is 27.3. The maximum atomic E-state index is 13.8. The number of rotatable bonds is 1. The van der Waals surface area contributed by atoms with E-state index in [1.165, 1.54) is 25.3 Å². The molecule has 0 radical (unpaired) electrons. The maximum Gasteiger partial charge on any atom is 0.152 e. The van der Waals surface area contributed by atoms with Gasteiger partial charge in [0.25, 0.3) is 0 Å². The zero-order chi connectivity index (χ0) is 13.7. The van der Waals surface area contributed by atoms with Crippen LogP contribution in [-0.2, 0) is 0 Å². The Morgan fingerprint density at radius 1 is 1.10 bits per heavy atom. The average Bonchev–Trinajstić information content (AvgIpc) is 2.98. The van der Waals surface area contributed by atoms with E-state index >= 15 is 0 Å². The molecule has 1 aliphatic heterocycles. The van der Waals surface area contributed by atoms with E-state index in [1.807, 2.05) is 6.07 Å². The lowest BCUT2D eigenvalue weighted by molar-refractivity contribution is 0.494. The molecule has 1 aromatic carbocycles. The minimum absolute atomic E-state index is 0.265. The molecule has 0 N–H and O–H groups in total. The summed E-state index contributed by atoms with van der Waals surface area (Å²) in [5.41, 5.74) is 1.18. The number of halogens is 2. The van der Waals surface area contributed by atoms with Crippen LogP contribution < -0.4 is 4.90 Å². The number of benzene rings is 1. The van der Waals surface area contributed by atoms with Crippen LogP contribution in [0.15, 0.2) is 24.4 Å². The monoisotopic (exact) mass is 274 g/mol. The van der Waals surface area contributed by atoms with E-state index < -0.39 is 11.6 Å². The van der Waals surface area contributed by atoms with Gasteiger partial charge in [-0.2, -0.15) is 0 Å². The highest BCUT2D eigenvalue weighted by Crippen LogP contribution is 2.41. The molecule has 20 heavy (non-hydrogen) atoms. The van der Waals surface area contributed by atoms with Crippen LogP contribution in [0.1, 0.15) is 19.3 Å². The van der Waals surface area contributed by atoms with Crippen molar-refractivity contribution in [3.8, 4) is 0 Å². The smallest absolute Gasteiger partial charge is 0.152 e. The lowest BCUT2D eigenvalue weighted by atomic mass is 10.0. The molecule has 1 aliphatic carbocycles. The first kappa shape index (κ1) is 12.1. The average molecular weight is 274 g/mol. The number of anilines is 1. The molecule has 4 rings (SSSR count). The number of hydrogen-bond donors (Lipinski definition) is 0. The molecule has 2 aromatic rings. The number of pyridine rings is 1. The first-order valence-electron chi connectivity index (χ1n) is 7.21.